The monoisotopic (exact) mass is 262 g/mol. The predicted molar refractivity (Wildman–Crippen MR) is 83.0 cm³/mol. The standard InChI is InChI=1S/C16H27BO2/c1-9-12(4)13(10-2)14(11-3)17-18-15(5,6)16(7,8)19-17/h11H,3-4,9-10H2,1-2,5-8H3/b14-13+. The van der Waals surface area contributed by atoms with Gasteiger partial charge in [0.05, 0.1) is 11.2 Å². The van der Waals surface area contributed by atoms with Crippen molar-refractivity contribution in [2.24, 2.45) is 0 Å². The van der Waals surface area contributed by atoms with Gasteiger partial charge in [0.2, 0.25) is 0 Å². The second-order valence-electron chi connectivity index (χ2n) is 6.04. The summed E-state index contributed by atoms with van der Waals surface area (Å²) in [5.41, 5.74) is 2.72. The lowest BCUT2D eigenvalue weighted by Gasteiger charge is -2.32. The maximum Gasteiger partial charge on any atom is 0.495 e. The molecule has 0 aromatic rings. The number of hydrogen-bond acceptors (Lipinski definition) is 2. The fourth-order valence-corrected chi connectivity index (χ4v) is 2.20. The molecule has 0 bridgehead atoms. The van der Waals surface area contributed by atoms with Crippen molar-refractivity contribution in [2.75, 3.05) is 0 Å². The summed E-state index contributed by atoms with van der Waals surface area (Å²) in [6, 6.07) is 0. The van der Waals surface area contributed by atoms with Gasteiger partial charge in [-0.05, 0) is 51.6 Å². The Balaban J connectivity index is 3.16. The van der Waals surface area contributed by atoms with Gasteiger partial charge in [-0.2, -0.15) is 0 Å². The molecule has 0 N–H and O–H groups in total. The Morgan fingerprint density at radius 1 is 1.05 bits per heavy atom. The summed E-state index contributed by atoms with van der Waals surface area (Å²) in [7, 11) is -0.347. The molecular formula is C16H27BO2. The van der Waals surface area contributed by atoms with Crippen LogP contribution in [-0.2, 0) is 9.31 Å². The Labute approximate surface area is 118 Å². The first-order valence-electron chi connectivity index (χ1n) is 7.09. The van der Waals surface area contributed by atoms with E-state index in [0.29, 0.717) is 0 Å². The molecule has 1 aliphatic rings. The molecule has 1 saturated heterocycles. The van der Waals surface area contributed by atoms with Crippen LogP contribution in [0.5, 0.6) is 0 Å². The van der Waals surface area contributed by atoms with E-state index in [1.807, 2.05) is 6.08 Å². The average Bonchev–Trinajstić information content (AvgIpc) is 2.53. The van der Waals surface area contributed by atoms with E-state index in [0.717, 1.165) is 23.9 Å². The molecule has 0 aromatic carbocycles. The Hall–Kier alpha value is -0.795. The summed E-state index contributed by atoms with van der Waals surface area (Å²) in [5, 5.41) is 0. The first-order valence-corrected chi connectivity index (χ1v) is 7.09. The van der Waals surface area contributed by atoms with Crippen LogP contribution in [0.1, 0.15) is 54.4 Å². The first kappa shape index (κ1) is 16.3. The molecule has 1 heterocycles. The van der Waals surface area contributed by atoms with Crippen molar-refractivity contribution in [3.8, 4) is 0 Å². The Bertz CT molecular complexity index is 389. The van der Waals surface area contributed by atoms with E-state index in [4.69, 9.17) is 9.31 Å². The molecule has 0 saturated carbocycles. The van der Waals surface area contributed by atoms with Gasteiger partial charge < -0.3 is 9.31 Å². The minimum Gasteiger partial charge on any atom is -0.399 e. The van der Waals surface area contributed by atoms with Crippen LogP contribution in [0.25, 0.3) is 0 Å². The van der Waals surface area contributed by atoms with Gasteiger partial charge in [-0.15, -0.1) is 0 Å². The SMILES string of the molecule is C=C/C(B1OC(C)(C)C(C)(C)O1)=C(/CC)C(=C)CC. The second-order valence-corrected chi connectivity index (χ2v) is 6.04. The van der Waals surface area contributed by atoms with Crippen LogP contribution in [0, 0.1) is 0 Å². The first-order chi connectivity index (χ1) is 8.70. The molecule has 0 aromatic heterocycles. The van der Waals surface area contributed by atoms with Gasteiger partial charge in [0.25, 0.3) is 0 Å². The van der Waals surface area contributed by atoms with Crippen LogP contribution >= 0.6 is 0 Å². The average molecular weight is 262 g/mol. The summed E-state index contributed by atoms with van der Waals surface area (Å²) >= 11 is 0. The van der Waals surface area contributed by atoms with Crippen molar-refractivity contribution in [1.82, 2.24) is 0 Å². The van der Waals surface area contributed by atoms with Gasteiger partial charge in [0.1, 0.15) is 0 Å². The molecule has 0 atom stereocenters. The lowest BCUT2D eigenvalue weighted by Crippen LogP contribution is -2.41. The van der Waals surface area contributed by atoms with Crippen molar-refractivity contribution in [1.29, 1.82) is 0 Å². The Kier molecular flexibility index (Phi) is 4.86. The summed E-state index contributed by atoms with van der Waals surface area (Å²) < 4.78 is 12.2. The maximum absolute atomic E-state index is 6.10. The van der Waals surface area contributed by atoms with Crippen LogP contribution < -0.4 is 0 Å². The molecule has 0 spiro atoms. The zero-order valence-electron chi connectivity index (χ0n) is 13.3. The smallest absolute Gasteiger partial charge is 0.399 e. The third kappa shape index (κ3) is 3.03. The van der Waals surface area contributed by atoms with Crippen molar-refractivity contribution < 1.29 is 9.31 Å². The van der Waals surface area contributed by atoms with Crippen molar-refractivity contribution >= 4 is 7.12 Å². The molecule has 0 amide bonds. The van der Waals surface area contributed by atoms with E-state index in [1.54, 1.807) is 0 Å². The fourth-order valence-electron chi connectivity index (χ4n) is 2.20. The minimum atomic E-state index is -0.347. The van der Waals surface area contributed by atoms with Crippen LogP contribution in [0.3, 0.4) is 0 Å². The second kappa shape index (κ2) is 5.68. The van der Waals surface area contributed by atoms with Crippen LogP contribution in [0.2, 0.25) is 0 Å². The highest BCUT2D eigenvalue weighted by molar-refractivity contribution is 6.56. The molecule has 1 rings (SSSR count). The van der Waals surface area contributed by atoms with E-state index in [-0.39, 0.29) is 18.3 Å². The Morgan fingerprint density at radius 2 is 1.53 bits per heavy atom. The fraction of sp³-hybridized carbons (Fsp3) is 0.625. The van der Waals surface area contributed by atoms with Gasteiger partial charge in [-0.3, -0.25) is 0 Å². The normalized spacial score (nSPS) is 22.1. The van der Waals surface area contributed by atoms with E-state index in [9.17, 15) is 0 Å². The van der Waals surface area contributed by atoms with E-state index < -0.39 is 0 Å². The van der Waals surface area contributed by atoms with E-state index in [2.05, 4.69) is 54.7 Å². The van der Waals surface area contributed by atoms with Crippen molar-refractivity contribution in [2.45, 2.75) is 65.6 Å². The molecule has 2 nitrogen and oxygen atoms in total. The number of hydrogen-bond donors (Lipinski definition) is 0. The zero-order valence-corrected chi connectivity index (χ0v) is 13.3. The van der Waals surface area contributed by atoms with Gasteiger partial charge >= 0.3 is 7.12 Å². The van der Waals surface area contributed by atoms with Crippen molar-refractivity contribution in [3.05, 3.63) is 35.9 Å². The van der Waals surface area contributed by atoms with Gasteiger partial charge in [-0.1, -0.05) is 38.7 Å². The van der Waals surface area contributed by atoms with E-state index >= 15 is 0 Å². The molecule has 3 heteroatoms. The molecule has 106 valence electrons. The predicted octanol–water partition coefficient (Wildman–Crippen LogP) is 4.48. The summed E-state index contributed by atoms with van der Waals surface area (Å²) in [6.07, 6.45) is 3.69. The lowest BCUT2D eigenvalue weighted by molar-refractivity contribution is 0.00578. The van der Waals surface area contributed by atoms with E-state index in [1.165, 1.54) is 5.57 Å². The minimum absolute atomic E-state index is 0.321. The van der Waals surface area contributed by atoms with Crippen LogP contribution in [-0.4, -0.2) is 18.3 Å². The topological polar surface area (TPSA) is 18.5 Å². The lowest BCUT2D eigenvalue weighted by atomic mass is 9.73. The highest BCUT2D eigenvalue weighted by atomic mass is 16.7. The largest absolute Gasteiger partial charge is 0.495 e. The Morgan fingerprint density at radius 3 is 1.84 bits per heavy atom. The summed E-state index contributed by atoms with van der Waals surface area (Å²) in [5.74, 6) is 0. The molecular weight excluding hydrogens is 235 g/mol. The highest BCUT2D eigenvalue weighted by Gasteiger charge is 2.52. The summed E-state index contributed by atoms with van der Waals surface area (Å²) in [4.78, 5) is 0. The molecule has 1 fully saturated rings. The van der Waals surface area contributed by atoms with Gasteiger partial charge in [0.15, 0.2) is 0 Å². The zero-order chi connectivity index (χ0) is 14.8. The maximum atomic E-state index is 6.10. The number of allylic oxidation sites excluding steroid dienone is 4. The van der Waals surface area contributed by atoms with Gasteiger partial charge in [-0.25, -0.2) is 0 Å². The van der Waals surface area contributed by atoms with Crippen LogP contribution in [0.15, 0.2) is 35.9 Å². The highest BCUT2D eigenvalue weighted by Crippen LogP contribution is 2.40. The molecule has 0 unspecified atom stereocenters. The molecule has 0 radical (unpaired) electrons. The molecule has 1 aliphatic heterocycles. The van der Waals surface area contributed by atoms with Crippen molar-refractivity contribution in [3.63, 3.8) is 0 Å². The third-order valence-electron chi connectivity index (χ3n) is 4.28. The van der Waals surface area contributed by atoms with Crippen LogP contribution in [0.4, 0.5) is 0 Å². The molecule has 19 heavy (non-hydrogen) atoms. The number of rotatable bonds is 5. The molecule has 0 aliphatic carbocycles. The van der Waals surface area contributed by atoms with Gasteiger partial charge in [0, 0.05) is 0 Å². The summed E-state index contributed by atoms with van der Waals surface area (Å²) in [6.45, 7) is 20.6. The third-order valence-corrected chi connectivity index (χ3v) is 4.28. The quantitative estimate of drug-likeness (QED) is 0.537.